The lowest BCUT2D eigenvalue weighted by Crippen LogP contribution is -2.10. The molecule has 8 heteroatoms. The minimum atomic E-state index is -0.500. The van der Waals surface area contributed by atoms with Crippen LogP contribution in [0.3, 0.4) is 0 Å². The fourth-order valence-corrected chi connectivity index (χ4v) is 4.18. The molecular formula is C27H19N3O4S. The third-order valence-corrected chi connectivity index (χ3v) is 5.96. The Morgan fingerprint density at radius 1 is 0.800 bits per heavy atom. The van der Waals surface area contributed by atoms with E-state index in [9.17, 15) is 9.59 Å². The second kappa shape index (κ2) is 10.2. The third kappa shape index (κ3) is 5.56. The summed E-state index contributed by atoms with van der Waals surface area (Å²) in [7, 11) is 0. The molecule has 0 unspecified atom stereocenters. The maximum absolute atomic E-state index is 12.6. The number of esters is 2. The molecule has 0 saturated heterocycles. The van der Waals surface area contributed by atoms with Gasteiger partial charge in [0, 0.05) is 18.0 Å². The van der Waals surface area contributed by atoms with E-state index in [1.165, 1.54) is 17.8 Å². The zero-order chi connectivity index (χ0) is 24.0. The molecule has 0 spiro atoms. The number of ether oxygens (including phenoxy) is 2. The van der Waals surface area contributed by atoms with Gasteiger partial charge in [-0.1, -0.05) is 48.2 Å². The summed E-state index contributed by atoms with van der Waals surface area (Å²) in [4.78, 5) is 37.1. The third-order valence-electron chi connectivity index (χ3n) is 5.02. The fourth-order valence-electron chi connectivity index (χ4n) is 3.37. The number of carbonyl (C=O) groups is 2. The highest BCUT2D eigenvalue weighted by Crippen LogP contribution is 2.29. The predicted octanol–water partition coefficient (Wildman–Crippen LogP) is 5.69. The van der Waals surface area contributed by atoms with Crippen LogP contribution < -0.4 is 9.47 Å². The van der Waals surface area contributed by atoms with E-state index in [-0.39, 0.29) is 11.5 Å². The van der Waals surface area contributed by atoms with E-state index in [0.717, 1.165) is 21.8 Å². The van der Waals surface area contributed by atoms with Gasteiger partial charge < -0.3 is 14.5 Å². The number of carbonyl (C=O) groups excluding carboxylic acids is 2. The summed E-state index contributed by atoms with van der Waals surface area (Å²) >= 11 is 1.47. The zero-order valence-corrected chi connectivity index (χ0v) is 19.2. The Balaban J connectivity index is 1.39. The highest BCUT2D eigenvalue weighted by Gasteiger charge is 2.14. The predicted molar refractivity (Wildman–Crippen MR) is 133 cm³/mol. The van der Waals surface area contributed by atoms with E-state index < -0.39 is 11.9 Å². The monoisotopic (exact) mass is 481 g/mol. The van der Waals surface area contributed by atoms with Gasteiger partial charge in [0.25, 0.3) is 0 Å². The van der Waals surface area contributed by atoms with Crippen molar-refractivity contribution in [3.63, 3.8) is 0 Å². The Morgan fingerprint density at radius 2 is 1.40 bits per heavy atom. The molecule has 0 radical (unpaired) electrons. The SMILES string of the molecule is O=C(Oc1cc(CSc2nc3ccncc3[nH]2)cc(OC(=O)c2ccccc2)c1)c1ccccc1. The highest BCUT2D eigenvalue weighted by atomic mass is 32.2. The second-order valence-electron chi connectivity index (χ2n) is 7.55. The first-order valence-electron chi connectivity index (χ1n) is 10.7. The standard InChI is InChI=1S/C27H19N3O4S/c31-25(19-7-3-1-4-8-19)33-21-13-18(17-35-27-29-23-11-12-28-16-24(23)30-27)14-22(15-21)34-26(32)20-9-5-2-6-10-20/h1-16H,17H2,(H,29,30). The van der Waals surface area contributed by atoms with Crippen LogP contribution in [-0.4, -0.2) is 26.9 Å². The Morgan fingerprint density at radius 3 is 1.97 bits per heavy atom. The van der Waals surface area contributed by atoms with Crippen LogP contribution in [0.25, 0.3) is 11.0 Å². The van der Waals surface area contributed by atoms with Gasteiger partial charge in [-0.2, -0.15) is 0 Å². The molecule has 0 bridgehead atoms. The van der Waals surface area contributed by atoms with Gasteiger partial charge in [-0.15, -0.1) is 0 Å². The van der Waals surface area contributed by atoms with Gasteiger partial charge in [0.05, 0.1) is 28.4 Å². The fraction of sp³-hybridized carbons (Fsp3) is 0.0370. The van der Waals surface area contributed by atoms with Gasteiger partial charge in [0.2, 0.25) is 0 Å². The molecular weight excluding hydrogens is 462 g/mol. The van der Waals surface area contributed by atoms with Crippen LogP contribution in [0.1, 0.15) is 26.3 Å². The lowest BCUT2D eigenvalue weighted by molar-refractivity contribution is 0.0732. The van der Waals surface area contributed by atoms with Gasteiger partial charge in [-0.3, -0.25) is 4.98 Å². The van der Waals surface area contributed by atoms with Gasteiger partial charge >= 0.3 is 11.9 Å². The Hall–Kier alpha value is -4.43. The number of imidazole rings is 1. The molecule has 35 heavy (non-hydrogen) atoms. The van der Waals surface area contributed by atoms with Crippen molar-refractivity contribution >= 4 is 34.7 Å². The molecule has 5 rings (SSSR count). The van der Waals surface area contributed by atoms with Gasteiger partial charge in [-0.05, 0) is 48.0 Å². The number of hydrogen-bond donors (Lipinski definition) is 1. The number of aromatic amines is 1. The van der Waals surface area contributed by atoms with Crippen molar-refractivity contribution in [1.29, 1.82) is 0 Å². The van der Waals surface area contributed by atoms with Crippen LogP contribution in [-0.2, 0) is 5.75 Å². The number of pyridine rings is 1. The normalized spacial score (nSPS) is 10.7. The number of H-pyrrole nitrogens is 1. The summed E-state index contributed by atoms with van der Waals surface area (Å²) in [6.45, 7) is 0. The van der Waals surface area contributed by atoms with E-state index in [1.54, 1.807) is 73.1 Å². The summed E-state index contributed by atoms with van der Waals surface area (Å²) in [5, 5.41) is 0.725. The van der Waals surface area contributed by atoms with E-state index in [0.29, 0.717) is 16.9 Å². The van der Waals surface area contributed by atoms with E-state index >= 15 is 0 Å². The molecule has 7 nitrogen and oxygen atoms in total. The molecule has 2 aromatic heterocycles. The summed E-state index contributed by atoms with van der Waals surface area (Å²) < 4.78 is 11.2. The van der Waals surface area contributed by atoms with E-state index in [4.69, 9.17) is 9.47 Å². The van der Waals surface area contributed by atoms with Gasteiger partial charge in [0.1, 0.15) is 11.5 Å². The maximum atomic E-state index is 12.6. The molecule has 0 aliphatic carbocycles. The molecule has 3 aromatic carbocycles. The number of hydrogen-bond acceptors (Lipinski definition) is 7. The van der Waals surface area contributed by atoms with E-state index in [2.05, 4.69) is 15.0 Å². The maximum Gasteiger partial charge on any atom is 0.343 e. The number of fused-ring (bicyclic) bond motifs is 1. The number of rotatable bonds is 7. The number of benzene rings is 3. The van der Waals surface area contributed by atoms with Crippen molar-refractivity contribution in [2.75, 3.05) is 0 Å². The van der Waals surface area contributed by atoms with Crippen molar-refractivity contribution < 1.29 is 19.1 Å². The zero-order valence-electron chi connectivity index (χ0n) is 18.4. The summed E-state index contributed by atoms with van der Waals surface area (Å²) in [5.41, 5.74) is 3.31. The van der Waals surface area contributed by atoms with Gasteiger partial charge in [0.15, 0.2) is 5.16 Å². The molecule has 0 aliphatic rings. The van der Waals surface area contributed by atoms with Crippen LogP contribution >= 0.6 is 11.8 Å². The quantitative estimate of drug-likeness (QED) is 0.181. The average molecular weight is 482 g/mol. The first kappa shape index (κ1) is 22.4. The van der Waals surface area contributed by atoms with E-state index in [1.807, 2.05) is 18.2 Å². The summed E-state index contributed by atoms with van der Waals surface area (Å²) in [5.74, 6) is 0.0594. The number of thioether (sulfide) groups is 1. The Labute approximate surface area is 205 Å². The van der Waals surface area contributed by atoms with Crippen molar-refractivity contribution in [2.45, 2.75) is 10.9 Å². The molecule has 0 atom stereocenters. The van der Waals surface area contributed by atoms with Crippen LogP contribution in [0.2, 0.25) is 0 Å². The number of aromatic nitrogens is 3. The molecule has 0 aliphatic heterocycles. The second-order valence-corrected chi connectivity index (χ2v) is 8.51. The molecule has 0 fully saturated rings. The molecule has 0 saturated carbocycles. The van der Waals surface area contributed by atoms with Crippen LogP contribution in [0, 0.1) is 0 Å². The molecule has 0 amide bonds. The number of nitrogens with one attached hydrogen (secondary N) is 1. The molecule has 172 valence electrons. The summed E-state index contributed by atoms with van der Waals surface area (Å²) in [6, 6.07) is 24.3. The Kier molecular flexibility index (Phi) is 6.54. The van der Waals surface area contributed by atoms with Crippen molar-refractivity contribution in [3.8, 4) is 11.5 Å². The van der Waals surface area contributed by atoms with Crippen LogP contribution in [0.15, 0.2) is 102 Å². The first-order valence-corrected chi connectivity index (χ1v) is 11.7. The van der Waals surface area contributed by atoms with Crippen molar-refractivity contribution in [3.05, 3.63) is 114 Å². The van der Waals surface area contributed by atoms with Crippen molar-refractivity contribution in [1.82, 2.24) is 15.0 Å². The average Bonchev–Trinajstić information content (AvgIpc) is 3.31. The smallest absolute Gasteiger partial charge is 0.343 e. The number of nitrogens with zero attached hydrogens (tertiary/aromatic N) is 2. The summed E-state index contributed by atoms with van der Waals surface area (Å²) in [6.07, 6.45) is 3.41. The highest BCUT2D eigenvalue weighted by molar-refractivity contribution is 7.98. The lowest BCUT2D eigenvalue weighted by Gasteiger charge is -2.11. The lowest BCUT2D eigenvalue weighted by atomic mass is 10.2. The topological polar surface area (TPSA) is 94.2 Å². The molecule has 1 N–H and O–H groups in total. The first-order chi connectivity index (χ1) is 17.1. The van der Waals surface area contributed by atoms with Crippen LogP contribution in [0.4, 0.5) is 0 Å². The van der Waals surface area contributed by atoms with Crippen molar-refractivity contribution in [2.24, 2.45) is 0 Å². The largest absolute Gasteiger partial charge is 0.423 e. The minimum Gasteiger partial charge on any atom is -0.423 e. The molecule has 5 aromatic rings. The molecule has 2 heterocycles. The Bertz CT molecular complexity index is 1380. The van der Waals surface area contributed by atoms with Crippen LogP contribution in [0.5, 0.6) is 11.5 Å². The van der Waals surface area contributed by atoms with Gasteiger partial charge in [-0.25, -0.2) is 14.6 Å². The minimum absolute atomic E-state index is 0.279.